The molecule has 2 saturated carbocycles. The van der Waals surface area contributed by atoms with Gasteiger partial charge in [-0.25, -0.2) is 14.4 Å². The molecule has 0 aromatic heterocycles. The van der Waals surface area contributed by atoms with Crippen LogP contribution in [0.1, 0.15) is 57.8 Å². The Bertz CT molecular complexity index is 1630. The smallest absolute Gasteiger partial charge is 0.463 e. The van der Waals surface area contributed by atoms with Gasteiger partial charge in [0.05, 0.1) is 34.2 Å². The van der Waals surface area contributed by atoms with E-state index in [1.807, 2.05) is 0 Å². The van der Waals surface area contributed by atoms with E-state index < -0.39 is 112 Å². The van der Waals surface area contributed by atoms with E-state index in [4.69, 9.17) is 68.0 Å². The summed E-state index contributed by atoms with van der Waals surface area (Å²) in [6, 6.07) is 7.94. The molecule has 5 aliphatic rings. The van der Waals surface area contributed by atoms with Gasteiger partial charge in [0.15, 0.2) is 6.10 Å². The number of carbonyl (C=O) groups excluding carboxylic acids is 4. The van der Waals surface area contributed by atoms with Crippen molar-refractivity contribution in [2.24, 2.45) is 16.7 Å². The van der Waals surface area contributed by atoms with Crippen LogP contribution in [0.15, 0.2) is 41.5 Å². The summed E-state index contributed by atoms with van der Waals surface area (Å²) < 4.78 is 39.3. The van der Waals surface area contributed by atoms with Crippen LogP contribution in [-0.4, -0.2) is 104 Å². The molecule has 0 amide bonds. The Labute approximate surface area is 301 Å². The van der Waals surface area contributed by atoms with Gasteiger partial charge in [-0.1, -0.05) is 53.0 Å². The van der Waals surface area contributed by atoms with E-state index in [1.165, 1.54) is 19.1 Å². The predicted octanol–water partition coefficient (Wildman–Crippen LogP) is 3.91. The molecule has 2 bridgehead atoms. The first-order chi connectivity index (χ1) is 23.1. The fourth-order valence-electron chi connectivity index (χ4n) is 9.06. The molecule has 17 heteroatoms. The van der Waals surface area contributed by atoms with Crippen LogP contribution >= 0.6 is 34.8 Å². The number of fused-ring (bicyclic) bond motifs is 1. The molecule has 50 heavy (non-hydrogen) atoms. The van der Waals surface area contributed by atoms with Crippen molar-refractivity contribution >= 4 is 59.1 Å². The van der Waals surface area contributed by atoms with Gasteiger partial charge >= 0.3 is 24.2 Å². The topological polar surface area (TPSA) is 194 Å². The fourth-order valence-corrected chi connectivity index (χ4v) is 9.23. The number of aliphatic hydroxyl groups is 3. The molecule has 274 valence electrons. The minimum absolute atomic E-state index is 0.118. The summed E-state index contributed by atoms with van der Waals surface area (Å²) in [6.07, 6.45) is -10.9. The summed E-state index contributed by atoms with van der Waals surface area (Å²) in [5.74, 6) is -5.63. The molecular formula is C33H37Cl3O14. The highest BCUT2D eigenvalue weighted by atomic mass is 35.6. The van der Waals surface area contributed by atoms with Gasteiger partial charge < -0.3 is 48.5 Å². The van der Waals surface area contributed by atoms with Crippen molar-refractivity contribution in [3.8, 4) is 0 Å². The van der Waals surface area contributed by atoms with E-state index in [0.717, 1.165) is 6.92 Å². The lowest BCUT2D eigenvalue weighted by Gasteiger charge is -2.59. The molecule has 6 rings (SSSR count). The molecule has 14 nitrogen and oxygen atoms in total. The summed E-state index contributed by atoms with van der Waals surface area (Å²) in [5.41, 5.74) is -6.87. The molecule has 4 fully saturated rings. The first-order valence-corrected chi connectivity index (χ1v) is 17.0. The van der Waals surface area contributed by atoms with Crippen LogP contribution in [0.2, 0.25) is 0 Å². The van der Waals surface area contributed by atoms with Gasteiger partial charge in [0, 0.05) is 19.3 Å². The van der Waals surface area contributed by atoms with Crippen LogP contribution in [0.25, 0.3) is 0 Å². The highest BCUT2D eigenvalue weighted by Crippen LogP contribution is 2.75. The van der Waals surface area contributed by atoms with Crippen LogP contribution in [-0.2, 0) is 38.0 Å². The molecule has 3 N–H and O–H groups in total. The van der Waals surface area contributed by atoms with Gasteiger partial charge in [-0.2, -0.15) is 0 Å². The Hall–Kier alpha value is -2.85. The third kappa shape index (κ3) is 5.28. The zero-order chi connectivity index (χ0) is 36.8. The molecular weight excluding hydrogens is 727 g/mol. The maximum absolute atomic E-state index is 14.1. The Morgan fingerprint density at radius 3 is 2.32 bits per heavy atom. The van der Waals surface area contributed by atoms with Crippen LogP contribution in [0.5, 0.6) is 0 Å². The fraction of sp³-hybridized carbons (Fsp3) is 0.636. The number of esters is 2. The standard InChI is InChI=1S/C33H37Cl3O14/c1-15-18(38)12-30-21(15)23-33(49-27(42)48-23,50-28(30,3)4)29(5)20(46-26(41)45-14-32(34,35)36)11-19(39)31(43,13-44-16(2)37)22(29)24(30)47-25(40)17-9-7-6-8-10-17/h6-10,18-20,22-24,38-39,43H,11-14H2,1-5H3/t18-,19-,20-,22-,23+,24-,29+,30-,31-,33+/m0/s1. The van der Waals surface area contributed by atoms with Gasteiger partial charge in [0.25, 0.3) is 5.79 Å². The number of ether oxygens (including phenoxy) is 7. The maximum atomic E-state index is 14.1. The third-order valence-electron chi connectivity index (χ3n) is 11.2. The molecule has 1 aromatic rings. The van der Waals surface area contributed by atoms with E-state index in [0.29, 0.717) is 11.1 Å². The second-order valence-corrected chi connectivity index (χ2v) is 16.7. The number of carbonyl (C=O) groups is 4. The van der Waals surface area contributed by atoms with Crippen LogP contribution < -0.4 is 0 Å². The van der Waals surface area contributed by atoms with Crippen molar-refractivity contribution in [3.63, 3.8) is 0 Å². The van der Waals surface area contributed by atoms with Gasteiger partial charge in [-0.3, -0.25) is 4.79 Å². The zero-order valence-corrected chi connectivity index (χ0v) is 29.9. The Kier molecular flexibility index (Phi) is 8.94. The van der Waals surface area contributed by atoms with Crippen molar-refractivity contribution < 1.29 is 67.7 Å². The Morgan fingerprint density at radius 1 is 1.04 bits per heavy atom. The zero-order valence-electron chi connectivity index (χ0n) is 27.6. The van der Waals surface area contributed by atoms with Crippen molar-refractivity contribution in [2.45, 2.75) is 98.8 Å². The van der Waals surface area contributed by atoms with E-state index in [1.54, 1.807) is 39.0 Å². The summed E-state index contributed by atoms with van der Waals surface area (Å²) >= 11 is 17.4. The monoisotopic (exact) mass is 762 g/mol. The van der Waals surface area contributed by atoms with Crippen molar-refractivity contribution in [1.29, 1.82) is 0 Å². The molecule has 0 spiro atoms. The highest BCUT2D eigenvalue weighted by molar-refractivity contribution is 6.67. The van der Waals surface area contributed by atoms with Gasteiger partial charge in [0.1, 0.15) is 31.0 Å². The molecule has 2 aliphatic heterocycles. The van der Waals surface area contributed by atoms with E-state index in [9.17, 15) is 34.5 Å². The average molecular weight is 764 g/mol. The van der Waals surface area contributed by atoms with Crippen LogP contribution in [0.3, 0.4) is 0 Å². The lowest BCUT2D eigenvalue weighted by atomic mass is 9.51. The number of hydrogen-bond donors (Lipinski definition) is 3. The summed E-state index contributed by atoms with van der Waals surface area (Å²) in [4.78, 5) is 52.8. The average Bonchev–Trinajstić information content (AvgIpc) is 3.47. The van der Waals surface area contributed by atoms with E-state index in [-0.39, 0.29) is 12.0 Å². The van der Waals surface area contributed by atoms with Crippen molar-refractivity contribution in [2.75, 3.05) is 13.2 Å². The minimum atomic E-state index is -2.51. The summed E-state index contributed by atoms with van der Waals surface area (Å²) in [6.45, 7) is 5.86. The molecule has 2 heterocycles. The third-order valence-corrected chi connectivity index (χ3v) is 11.5. The molecule has 0 radical (unpaired) electrons. The van der Waals surface area contributed by atoms with Crippen molar-refractivity contribution in [1.82, 2.24) is 0 Å². The lowest BCUT2D eigenvalue weighted by Crippen LogP contribution is -2.75. The molecule has 2 saturated heterocycles. The van der Waals surface area contributed by atoms with Gasteiger partial charge in [-0.05, 0) is 57.4 Å². The van der Waals surface area contributed by atoms with Gasteiger partial charge in [-0.15, -0.1) is 0 Å². The molecule has 10 atom stereocenters. The molecule has 3 aliphatic carbocycles. The summed E-state index contributed by atoms with van der Waals surface area (Å²) in [7, 11) is 0. The normalized spacial score (nSPS) is 39.6. The van der Waals surface area contributed by atoms with Crippen LogP contribution in [0.4, 0.5) is 9.59 Å². The number of aliphatic hydroxyl groups excluding tert-OH is 2. The van der Waals surface area contributed by atoms with Crippen LogP contribution in [0, 0.1) is 16.7 Å². The SMILES string of the molecule is CC(=O)OC[C@@]1(O)[C@H]2[C@H](OC(=O)c3ccccc3)[C@]34C[C@H](O)C(C)=C3[C@H]3OC(=O)O[C@]3(OC4(C)C)[C@]2(C)[C@@H](OC(=O)OCC(Cl)(Cl)Cl)C[C@@H]1O. The van der Waals surface area contributed by atoms with Gasteiger partial charge in [0.2, 0.25) is 3.79 Å². The number of hydrogen-bond acceptors (Lipinski definition) is 14. The molecule has 1 aromatic carbocycles. The second-order valence-electron chi connectivity index (χ2n) is 14.2. The highest BCUT2D eigenvalue weighted by Gasteiger charge is 2.88. The Morgan fingerprint density at radius 2 is 1.70 bits per heavy atom. The number of benzene rings is 1. The lowest BCUT2D eigenvalue weighted by molar-refractivity contribution is -0.365. The largest absolute Gasteiger partial charge is 0.511 e. The first kappa shape index (κ1) is 36.9. The second kappa shape index (κ2) is 12.1. The van der Waals surface area contributed by atoms with E-state index in [2.05, 4.69) is 0 Å². The maximum Gasteiger partial charge on any atom is 0.511 e. The van der Waals surface area contributed by atoms with Crippen molar-refractivity contribution in [3.05, 3.63) is 47.0 Å². The number of halogens is 3. The quantitative estimate of drug-likeness (QED) is 0.163. The van der Waals surface area contributed by atoms with E-state index >= 15 is 0 Å². The Balaban J connectivity index is 1.65. The summed E-state index contributed by atoms with van der Waals surface area (Å²) in [5, 5.41) is 36.1. The predicted molar refractivity (Wildman–Crippen MR) is 171 cm³/mol. The number of alkyl halides is 3. The minimum Gasteiger partial charge on any atom is -0.463 e. The number of rotatable bonds is 6. The molecule has 0 unspecified atom stereocenters. The first-order valence-electron chi connectivity index (χ1n) is 15.8.